The van der Waals surface area contributed by atoms with Gasteiger partial charge in [0.25, 0.3) is 0 Å². The average molecular weight is 396 g/mol. The Hall–Kier alpha value is -2.38. The van der Waals surface area contributed by atoms with Crippen LogP contribution in [0.5, 0.6) is 11.5 Å². The number of hydrogen-bond donors (Lipinski definition) is 1. The number of alkyl halides is 2. The number of ether oxygens (including phenoxy) is 2. The monoisotopic (exact) mass is 396 g/mol. The van der Waals surface area contributed by atoms with Gasteiger partial charge in [0.05, 0.1) is 18.9 Å². The van der Waals surface area contributed by atoms with Crippen LogP contribution in [0.4, 0.5) is 14.5 Å². The summed E-state index contributed by atoms with van der Waals surface area (Å²) in [6.07, 6.45) is 1.51. The SMILES string of the molecule is COc1ccc(OC2CCCC(F)(F)CC2)cc1NC(=O)C1CCC(=O)N1C. The van der Waals surface area contributed by atoms with Crippen molar-refractivity contribution in [3.8, 4) is 11.5 Å². The molecule has 0 spiro atoms. The van der Waals surface area contributed by atoms with E-state index in [0.29, 0.717) is 42.9 Å². The molecule has 1 aromatic carbocycles. The number of carbonyl (C=O) groups excluding carboxylic acids is 2. The maximum absolute atomic E-state index is 13.5. The molecule has 154 valence electrons. The van der Waals surface area contributed by atoms with E-state index in [1.165, 1.54) is 12.0 Å². The molecule has 2 atom stereocenters. The highest BCUT2D eigenvalue weighted by Crippen LogP contribution is 2.35. The molecule has 0 radical (unpaired) electrons. The lowest BCUT2D eigenvalue weighted by atomic mass is 10.1. The minimum Gasteiger partial charge on any atom is -0.495 e. The number of carbonyl (C=O) groups is 2. The minimum atomic E-state index is -2.62. The molecule has 6 nitrogen and oxygen atoms in total. The van der Waals surface area contributed by atoms with E-state index in [9.17, 15) is 18.4 Å². The lowest BCUT2D eigenvalue weighted by molar-refractivity contribution is -0.131. The van der Waals surface area contributed by atoms with Crippen molar-refractivity contribution in [1.82, 2.24) is 4.90 Å². The first-order chi connectivity index (χ1) is 13.3. The summed E-state index contributed by atoms with van der Waals surface area (Å²) in [7, 11) is 3.10. The second-order valence-corrected chi connectivity index (χ2v) is 7.44. The number of hydrogen-bond acceptors (Lipinski definition) is 4. The molecule has 2 amide bonds. The van der Waals surface area contributed by atoms with E-state index in [-0.39, 0.29) is 37.2 Å². The van der Waals surface area contributed by atoms with Crippen molar-refractivity contribution in [2.24, 2.45) is 0 Å². The number of nitrogens with one attached hydrogen (secondary N) is 1. The van der Waals surface area contributed by atoms with Gasteiger partial charge in [-0.2, -0.15) is 0 Å². The van der Waals surface area contributed by atoms with Crippen LogP contribution in [0.25, 0.3) is 0 Å². The number of nitrogens with zero attached hydrogens (tertiary/aromatic N) is 1. The molecule has 2 fully saturated rings. The number of likely N-dealkylation sites (N-methyl/N-ethyl adjacent to an activating group) is 1. The molecule has 0 aromatic heterocycles. The van der Waals surface area contributed by atoms with Crippen LogP contribution in [-0.4, -0.2) is 48.9 Å². The third-order valence-corrected chi connectivity index (χ3v) is 5.43. The Kier molecular flexibility index (Phi) is 6.05. The van der Waals surface area contributed by atoms with Crippen molar-refractivity contribution in [3.63, 3.8) is 0 Å². The normalized spacial score (nSPS) is 24.6. The second-order valence-electron chi connectivity index (χ2n) is 7.44. The first kappa shape index (κ1) is 20.4. The van der Waals surface area contributed by atoms with Gasteiger partial charge in [0.2, 0.25) is 17.7 Å². The largest absolute Gasteiger partial charge is 0.495 e. The van der Waals surface area contributed by atoms with E-state index in [1.54, 1.807) is 25.2 Å². The van der Waals surface area contributed by atoms with Gasteiger partial charge < -0.3 is 19.7 Å². The molecular formula is C20H26F2N2O4. The third-order valence-electron chi connectivity index (χ3n) is 5.43. The maximum Gasteiger partial charge on any atom is 0.248 e. The van der Waals surface area contributed by atoms with Gasteiger partial charge in [0.1, 0.15) is 17.5 Å². The molecule has 3 rings (SSSR count). The molecule has 8 heteroatoms. The summed E-state index contributed by atoms with van der Waals surface area (Å²) in [5, 5.41) is 2.80. The van der Waals surface area contributed by atoms with Crippen molar-refractivity contribution in [2.45, 2.75) is 63.0 Å². The van der Waals surface area contributed by atoms with Crippen LogP contribution in [-0.2, 0) is 9.59 Å². The topological polar surface area (TPSA) is 67.9 Å². The smallest absolute Gasteiger partial charge is 0.248 e. The lowest BCUT2D eigenvalue weighted by Crippen LogP contribution is -2.38. The van der Waals surface area contributed by atoms with Crippen molar-refractivity contribution in [2.75, 3.05) is 19.5 Å². The van der Waals surface area contributed by atoms with Gasteiger partial charge in [-0.25, -0.2) is 8.78 Å². The Morgan fingerprint density at radius 2 is 2.04 bits per heavy atom. The summed E-state index contributed by atoms with van der Waals surface area (Å²) < 4.78 is 38.3. The molecular weight excluding hydrogens is 370 g/mol. The lowest BCUT2D eigenvalue weighted by Gasteiger charge is -2.21. The summed E-state index contributed by atoms with van der Waals surface area (Å²) in [5.41, 5.74) is 0.428. The predicted octanol–water partition coefficient (Wildman–Crippen LogP) is 3.60. The van der Waals surface area contributed by atoms with Gasteiger partial charge in [-0.3, -0.25) is 9.59 Å². The minimum absolute atomic E-state index is 0.0608. The molecule has 1 saturated carbocycles. The summed E-state index contributed by atoms with van der Waals surface area (Å²) in [6.45, 7) is 0. The third kappa shape index (κ3) is 4.72. The summed E-state index contributed by atoms with van der Waals surface area (Å²) in [4.78, 5) is 25.7. The number of likely N-dealkylation sites (tertiary alicyclic amines) is 1. The number of amides is 2. The maximum atomic E-state index is 13.5. The molecule has 2 unspecified atom stereocenters. The number of rotatable bonds is 5. The van der Waals surface area contributed by atoms with Gasteiger partial charge in [-0.05, 0) is 37.8 Å². The highest BCUT2D eigenvalue weighted by atomic mass is 19.3. The van der Waals surface area contributed by atoms with Gasteiger partial charge in [0, 0.05) is 32.4 Å². The highest BCUT2D eigenvalue weighted by Gasteiger charge is 2.34. The zero-order valence-electron chi connectivity index (χ0n) is 16.2. The number of halogens is 2. The zero-order valence-corrected chi connectivity index (χ0v) is 16.2. The van der Waals surface area contributed by atoms with Crippen molar-refractivity contribution in [1.29, 1.82) is 0 Å². The Balaban J connectivity index is 1.69. The van der Waals surface area contributed by atoms with Crippen LogP contribution >= 0.6 is 0 Å². The Labute approximate surface area is 163 Å². The van der Waals surface area contributed by atoms with E-state index in [1.807, 2.05) is 0 Å². The second kappa shape index (κ2) is 8.32. The Morgan fingerprint density at radius 1 is 1.25 bits per heavy atom. The fourth-order valence-corrected chi connectivity index (χ4v) is 3.73. The summed E-state index contributed by atoms with van der Waals surface area (Å²) in [5.74, 6) is -2.03. The fourth-order valence-electron chi connectivity index (χ4n) is 3.73. The van der Waals surface area contributed by atoms with Crippen LogP contribution in [0.2, 0.25) is 0 Å². The van der Waals surface area contributed by atoms with Crippen LogP contribution in [0.15, 0.2) is 18.2 Å². The zero-order chi connectivity index (χ0) is 20.3. The van der Waals surface area contributed by atoms with E-state index in [0.717, 1.165) is 0 Å². The van der Waals surface area contributed by atoms with E-state index < -0.39 is 12.0 Å². The number of methoxy groups -OCH3 is 1. The standard InChI is InChI=1S/C20H26F2N2O4/c1-24-16(6-8-18(24)25)19(26)23-15-12-14(5-7-17(15)27-2)28-13-4-3-10-20(21,22)11-9-13/h5,7,12-13,16H,3-4,6,8-11H2,1-2H3,(H,23,26). The van der Waals surface area contributed by atoms with Crippen molar-refractivity contribution >= 4 is 17.5 Å². The van der Waals surface area contributed by atoms with Crippen LogP contribution in [0.1, 0.15) is 44.9 Å². The quantitative estimate of drug-likeness (QED) is 0.773. The predicted molar refractivity (Wildman–Crippen MR) is 99.9 cm³/mol. The molecule has 0 bridgehead atoms. The van der Waals surface area contributed by atoms with Gasteiger partial charge in [0.15, 0.2) is 0 Å². The summed E-state index contributed by atoms with van der Waals surface area (Å²) >= 11 is 0. The molecule has 1 aliphatic carbocycles. The average Bonchev–Trinajstić information content (AvgIpc) is 2.88. The molecule has 1 saturated heterocycles. The number of anilines is 1. The van der Waals surface area contributed by atoms with E-state index in [4.69, 9.17) is 9.47 Å². The van der Waals surface area contributed by atoms with E-state index >= 15 is 0 Å². The summed E-state index contributed by atoms with van der Waals surface area (Å²) in [6, 6.07) is 4.48. The Bertz CT molecular complexity index is 741. The highest BCUT2D eigenvalue weighted by molar-refractivity contribution is 5.99. The fraction of sp³-hybridized carbons (Fsp3) is 0.600. The van der Waals surface area contributed by atoms with Crippen LogP contribution in [0.3, 0.4) is 0 Å². The molecule has 1 aromatic rings. The van der Waals surface area contributed by atoms with Gasteiger partial charge >= 0.3 is 0 Å². The number of benzene rings is 1. The van der Waals surface area contributed by atoms with Gasteiger partial charge in [-0.15, -0.1) is 0 Å². The molecule has 2 aliphatic rings. The first-order valence-electron chi connectivity index (χ1n) is 9.58. The molecule has 1 aliphatic heterocycles. The van der Waals surface area contributed by atoms with Crippen molar-refractivity contribution in [3.05, 3.63) is 18.2 Å². The first-order valence-corrected chi connectivity index (χ1v) is 9.58. The van der Waals surface area contributed by atoms with Crippen LogP contribution in [0, 0.1) is 0 Å². The van der Waals surface area contributed by atoms with Gasteiger partial charge in [-0.1, -0.05) is 0 Å². The molecule has 1 heterocycles. The van der Waals surface area contributed by atoms with Crippen molar-refractivity contribution < 1.29 is 27.8 Å². The van der Waals surface area contributed by atoms with E-state index in [2.05, 4.69) is 5.32 Å². The van der Waals surface area contributed by atoms with Crippen LogP contribution < -0.4 is 14.8 Å². The Morgan fingerprint density at radius 3 is 2.71 bits per heavy atom. The molecule has 1 N–H and O–H groups in total. The molecule has 28 heavy (non-hydrogen) atoms.